The molecule has 1 unspecified atom stereocenters. The van der Waals surface area contributed by atoms with E-state index in [2.05, 4.69) is 38.5 Å². The van der Waals surface area contributed by atoms with E-state index >= 15 is 0 Å². The summed E-state index contributed by atoms with van der Waals surface area (Å²) in [6, 6.07) is 18.0. The standard InChI is InChI=1S/C19H16BrN3O/c1-12-18-16(13-6-5-7-14(20)10-13)11-17(24)21-19(18)23(22-12)15-8-3-2-4-9-15/h2-10,16H,11H2,1H3,(H,21,24). The molecule has 1 aliphatic heterocycles. The zero-order valence-corrected chi connectivity index (χ0v) is 14.7. The van der Waals surface area contributed by atoms with E-state index in [1.807, 2.05) is 54.1 Å². The van der Waals surface area contributed by atoms with Crippen LogP contribution in [-0.4, -0.2) is 15.7 Å². The third kappa shape index (κ3) is 2.55. The summed E-state index contributed by atoms with van der Waals surface area (Å²) in [5.74, 6) is 0.813. The first-order chi connectivity index (χ1) is 11.6. The summed E-state index contributed by atoms with van der Waals surface area (Å²) in [6.07, 6.45) is 0.435. The molecule has 0 saturated carbocycles. The smallest absolute Gasteiger partial charge is 0.226 e. The molecule has 2 heterocycles. The van der Waals surface area contributed by atoms with Gasteiger partial charge in [0, 0.05) is 22.4 Å². The average Bonchev–Trinajstić information content (AvgIpc) is 2.91. The number of nitrogens with zero attached hydrogens (tertiary/aromatic N) is 2. The zero-order valence-electron chi connectivity index (χ0n) is 13.2. The highest BCUT2D eigenvalue weighted by atomic mass is 79.9. The van der Waals surface area contributed by atoms with Crippen LogP contribution in [0.15, 0.2) is 59.1 Å². The van der Waals surface area contributed by atoms with Crippen LogP contribution in [0.25, 0.3) is 5.69 Å². The molecule has 4 nitrogen and oxygen atoms in total. The van der Waals surface area contributed by atoms with Crippen molar-refractivity contribution in [1.29, 1.82) is 0 Å². The van der Waals surface area contributed by atoms with Crippen molar-refractivity contribution in [3.63, 3.8) is 0 Å². The number of aromatic nitrogens is 2. The number of carbonyl (C=O) groups is 1. The number of anilines is 1. The number of nitrogens with one attached hydrogen (secondary N) is 1. The normalized spacial score (nSPS) is 16.6. The lowest BCUT2D eigenvalue weighted by Gasteiger charge is -2.24. The van der Waals surface area contributed by atoms with Crippen molar-refractivity contribution in [3.8, 4) is 5.69 Å². The van der Waals surface area contributed by atoms with Gasteiger partial charge in [0.1, 0.15) is 5.82 Å². The maximum absolute atomic E-state index is 12.3. The van der Waals surface area contributed by atoms with Crippen molar-refractivity contribution >= 4 is 27.7 Å². The maximum Gasteiger partial charge on any atom is 0.226 e. The number of hydrogen-bond acceptors (Lipinski definition) is 2. The number of benzene rings is 2. The first kappa shape index (κ1) is 15.1. The van der Waals surface area contributed by atoms with E-state index in [4.69, 9.17) is 0 Å². The lowest BCUT2D eigenvalue weighted by atomic mass is 9.86. The van der Waals surface area contributed by atoms with Crippen LogP contribution in [0, 0.1) is 6.92 Å². The fraction of sp³-hybridized carbons (Fsp3) is 0.158. The Morgan fingerprint density at radius 3 is 2.71 bits per heavy atom. The summed E-state index contributed by atoms with van der Waals surface area (Å²) in [7, 11) is 0. The Bertz CT molecular complexity index is 918. The van der Waals surface area contributed by atoms with Gasteiger partial charge in [0.05, 0.1) is 11.4 Å². The van der Waals surface area contributed by atoms with Crippen LogP contribution < -0.4 is 5.32 Å². The number of fused-ring (bicyclic) bond motifs is 1. The summed E-state index contributed by atoms with van der Waals surface area (Å²) in [5.41, 5.74) is 4.10. The van der Waals surface area contributed by atoms with Gasteiger partial charge in [-0.3, -0.25) is 4.79 Å². The number of hydrogen-bond donors (Lipinski definition) is 1. The molecule has 0 saturated heterocycles. The number of rotatable bonds is 2. The van der Waals surface area contributed by atoms with Crippen molar-refractivity contribution in [2.45, 2.75) is 19.3 Å². The van der Waals surface area contributed by atoms with Gasteiger partial charge in [0.15, 0.2) is 0 Å². The van der Waals surface area contributed by atoms with E-state index in [9.17, 15) is 4.79 Å². The maximum atomic E-state index is 12.3. The van der Waals surface area contributed by atoms with Crippen molar-refractivity contribution in [2.75, 3.05) is 5.32 Å². The largest absolute Gasteiger partial charge is 0.310 e. The van der Waals surface area contributed by atoms with Gasteiger partial charge in [-0.2, -0.15) is 5.10 Å². The van der Waals surface area contributed by atoms with Crippen molar-refractivity contribution in [3.05, 3.63) is 75.9 Å². The van der Waals surface area contributed by atoms with Crippen LogP contribution in [0.4, 0.5) is 5.82 Å². The summed E-state index contributed by atoms with van der Waals surface area (Å²) in [4.78, 5) is 12.3. The van der Waals surface area contributed by atoms with Gasteiger partial charge < -0.3 is 5.32 Å². The number of carbonyl (C=O) groups excluding carboxylic acids is 1. The number of para-hydroxylation sites is 1. The molecule has 0 radical (unpaired) electrons. The predicted molar refractivity (Wildman–Crippen MR) is 97.5 cm³/mol. The van der Waals surface area contributed by atoms with Crippen LogP contribution in [0.2, 0.25) is 0 Å². The van der Waals surface area contributed by atoms with E-state index in [0.717, 1.165) is 32.8 Å². The van der Waals surface area contributed by atoms with E-state index in [1.54, 1.807) is 0 Å². The van der Waals surface area contributed by atoms with E-state index < -0.39 is 0 Å². The van der Waals surface area contributed by atoms with E-state index in [1.165, 1.54) is 0 Å². The molecule has 1 atom stereocenters. The first-order valence-electron chi connectivity index (χ1n) is 7.84. The minimum atomic E-state index is 0.0173. The molecule has 5 heteroatoms. The third-order valence-electron chi connectivity index (χ3n) is 4.35. The van der Waals surface area contributed by atoms with Crippen molar-refractivity contribution in [2.24, 2.45) is 0 Å². The molecular formula is C19H16BrN3O. The first-order valence-corrected chi connectivity index (χ1v) is 8.63. The van der Waals surface area contributed by atoms with Gasteiger partial charge >= 0.3 is 0 Å². The van der Waals surface area contributed by atoms with Gasteiger partial charge in [-0.05, 0) is 36.8 Å². The Morgan fingerprint density at radius 2 is 1.96 bits per heavy atom. The summed E-state index contributed by atoms with van der Waals surface area (Å²) in [5, 5.41) is 7.70. The Hall–Kier alpha value is -2.40. The van der Waals surface area contributed by atoms with Crippen LogP contribution >= 0.6 is 15.9 Å². The molecule has 24 heavy (non-hydrogen) atoms. The molecule has 0 spiro atoms. The Kier molecular flexibility index (Phi) is 3.73. The number of aryl methyl sites for hydroxylation is 1. The third-order valence-corrected chi connectivity index (χ3v) is 4.85. The summed E-state index contributed by atoms with van der Waals surface area (Å²) < 4.78 is 2.84. The minimum Gasteiger partial charge on any atom is -0.310 e. The topological polar surface area (TPSA) is 46.9 Å². The van der Waals surface area contributed by atoms with Crippen LogP contribution in [0.1, 0.15) is 29.2 Å². The lowest BCUT2D eigenvalue weighted by molar-refractivity contribution is -0.116. The molecule has 0 bridgehead atoms. The molecule has 1 aliphatic rings. The van der Waals surface area contributed by atoms with E-state index in [-0.39, 0.29) is 11.8 Å². The van der Waals surface area contributed by atoms with Crippen LogP contribution in [0.5, 0.6) is 0 Å². The fourth-order valence-electron chi connectivity index (χ4n) is 3.31. The monoisotopic (exact) mass is 381 g/mol. The van der Waals surface area contributed by atoms with Gasteiger partial charge in [-0.15, -0.1) is 0 Å². The predicted octanol–water partition coefficient (Wildman–Crippen LogP) is 4.42. The molecule has 1 N–H and O–H groups in total. The van der Waals surface area contributed by atoms with Crippen LogP contribution in [-0.2, 0) is 4.79 Å². The second-order valence-corrected chi connectivity index (χ2v) is 6.87. The van der Waals surface area contributed by atoms with E-state index in [0.29, 0.717) is 6.42 Å². The molecule has 120 valence electrons. The molecule has 1 aromatic heterocycles. The van der Waals surface area contributed by atoms with Gasteiger partial charge in [0.2, 0.25) is 5.91 Å². The molecule has 4 rings (SSSR count). The number of amides is 1. The molecular weight excluding hydrogens is 366 g/mol. The Morgan fingerprint density at radius 1 is 1.17 bits per heavy atom. The lowest BCUT2D eigenvalue weighted by Crippen LogP contribution is -2.24. The van der Waals surface area contributed by atoms with Crippen molar-refractivity contribution < 1.29 is 4.79 Å². The highest BCUT2D eigenvalue weighted by molar-refractivity contribution is 9.10. The second-order valence-electron chi connectivity index (χ2n) is 5.95. The number of halogens is 1. The summed E-state index contributed by atoms with van der Waals surface area (Å²) >= 11 is 3.52. The average molecular weight is 382 g/mol. The highest BCUT2D eigenvalue weighted by Crippen LogP contribution is 2.40. The van der Waals surface area contributed by atoms with Gasteiger partial charge in [0.25, 0.3) is 0 Å². The minimum absolute atomic E-state index is 0.0173. The second kappa shape index (κ2) is 5.91. The highest BCUT2D eigenvalue weighted by Gasteiger charge is 2.32. The van der Waals surface area contributed by atoms with Crippen molar-refractivity contribution in [1.82, 2.24) is 9.78 Å². The van der Waals surface area contributed by atoms with Gasteiger partial charge in [-0.1, -0.05) is 46.3 Å². The SMILES string of the molecule is Cc1nn(-c2ccccc2)c2c1C(c1cccc(Br)c1)CC(=O)N2. The molecule has 0 aliphatic carbocycles. The summed E-state index contributed by atoms with van der Waals surface area (Å²) in [6.45, 7) is 2.00. The Labute approximate surface area is 148 Å². The molecule has 1 amide bonds. The molecule has 3 aromatic rings. The zero-order chi connectivity index (χ0) is 16.7. The van der Waals surface area contributed by atoms with Crippen LogP contribution in [0.3, 0.4) is 0 Å². The molecule has 2 aromatic carbocycles. The Balaban J connectivity index is 1.89. The fourth-order valence-corrected chi connectivity index (χ4v) is 3.73. The van der Waals surface area contributed by atoms with Gasteiger partial charge in [-0.25, -0.2) is 4.68 Å². The quantitative estimate of drug-likeness (QED) is 0.714. The molecule has 0 fully saturated rings.